The van der Waals surface area contributed by atoms with Gasteiger partial charge in [-0.1, -0.05) is 152 Å². The van der Waals surface area contributed by atoms with Crippen LogP contribution < -0.4 is 4.90 Å². The highest BCUT2D eigenvalue weighted by molar-refractivity contribution is 6.16. The lowest BCUT2D eigenvalue weighted by molar-refractivity contribution is 0.669. The van der Waals surface area contributed by atoms with E-state index in [9.17, 15) is 0 Å². The van der Waals surface area contributed by atoms with Gasteiger partial charge < -0.3 is 9.32 Å². The molecule has 1 aromatic heterocycles. The van der Waals surface area contributed by atoms with E-state index < -0.39 is 0 Å². The first-order valence-corrected chi connectivity index (χ1v) is 17.1. The van der Waals surface area contributed by atoms with Gasteiger partial charge in [-0.15, -0.1) is 0 Å². The molecule has 1 heterocycles. The zero-order valence-corrected chi connectivity index (χ0v) is 27.3. The average molecular weight is 638 g/mol. The summed E-state index contributed by atoms with van der Waals surface area (Å²) in [6, 6.07) is 67.5. The van der Waals surface area contributed by atoms with E-state index in [4.69, 9.17) is 4.42 Å². The molecule has 0 N–H and O–H groups in total. The Morgan fingerprint density at radius 1 is 0.340 bits per heavy atom. The van der Waals surface area contributed by atoms with Crippen molar-refractivity contribution in [3.63, 3.8) is 0 Å². The molecule has 50 heavy (non-hydrogen) atoms. The fourth-order valence-electron chi connectivity index (χ4n) is 7.78. The molecule has 9 aromatic carbocycles. The first-order valence-electron chi connectivity index (χ1n) is 17.1. The fourth-order valence-corrected chi connectivity index (χ4v) is 7.78. The smallest absolute Gasteiger partial charge is 0.159 e. The highest BCUT2D eigenvalue weighted by Gasteiger charge is 2.23. The highest BCUT2D eigenvalue weighted by atomic mass is 16.3. The van der Waals surface area contributed by atoms with Gasteiger partial charge in [0.1, 0.15) is 5.58 Å². The zero-order chi connectivity index (χ0) is 33.0. The first-order chi connectivity index (χ1) is 24.8. The average Bonchev–Trinajstić information content (AvgIpc) is 3.57. The van der Waals surface area contributed by atoms with Crippen molar-refractivity contribution >= 4 is 71.3 Å². The zero-order valence-electron chi connectivity index (χ0n) is 27.3. The summed E-state index contributed by atoms with van der Waals surface area (Å²) >= 11 is 0. The lowest BCUT2D eigenvalue weighted by Gasteiger charge is -2.29. The third-order valence-corrected chi connectivity index (χ3v) is 10.0. The van der Waals surface area contributed by atoms with E-state index in [0.29, 0.717) is 0 Å². The Labute approximate surface area is 290 Å². The van der Waals surface area contributed by atoms with Crippen LogP contribution in [0.2, 0.25) is 0 Å². The Kier molecular flexibility index (Phi) is 6.53. The summed E-state index contributed by atoms with van der Waals surface area (Å²) in [4.78, 5) is 2.39. The van der Waals surface area contributed by atoms with Gasteiger partial charge in [-0.2, -0.15) is 0 Å². The topological polar surface area (TPSA) is 16.4 Å². The number of para-hydroxylation sites is 3. The van der Waals surface area contributed by atoms with Crippen molar-refractivity contribution in [2.24, 2.45) is 0 Å². The maximum atomic E-state index is 6.71. The fraction of sp³-hybridized carbons (Fsp3) is 0. The highest BCUT2D eigenvalue weighted by Crippen LogP contribution is 2.47. The van der Waals surface area contributed by atoms with E-state index in [1.807, 2.05) is 6.07 Å². The quantitative estimate of drug-likeness (QED) is 0.175. The maximum Gasteiger partial charge on any atom is 0.159 e. The van der Waals surface area contributed by atoms with Crippen molar-refractivity contribution in [2.75, 3.05) is 4.90 Å². The van der Waals surface area contributed by atoms with Crippen molar-refractivity contribution in [1.82, 2.24) is 0 Å². The van der Waals surface area contributed by atoms with Gasteiger partial charge >= 0.3 is 0 Å². The van der Waals surface area contributed by atoms with Gasteiger partial charge in [0.25, 0.3) is 0 Å². The molecule has 10 aromatic rings. The van der Waals surface area contributed by atoms with E-state index in [0.717, 1.165) is 50.1 Å². The van der Waals surface area contributed by atoms with Crippen LogP contribution in [0.4, 0.5) is 17.1 Å². The second kappa shape index (κ2) is 11.5. The second-order valence-electron chi connectivity index (χ2n) is 12.9. The summed E-state index contributed by atoms with van der Waals surface area (Å²) in [7, 11) is 0. The van der Waals surface area contributed by atoms with Gasteiger partial charge in [-0.05, 0) is 85.4 Å². The van der Waals surface area contributed by atoms with E-state index >= 15 is 0 Å². The van der Waals surface area contributed by atoms with Crippen molar-refractivity contribution in [3.8, 4) is 22.3 Å². The van der Waals surface area contributed by atoms with E-state index in [1.54, 1.807) is 0 Å². The molecule has 0 atom stereocenters. The molecule has 2 heteroatoms. The number of rotatable bonds is 5. The molecule has 0 unspecified atom stereocenters. The Bertz CT molecular complexity index is 2890. The standard InChI is InChI=1S/C48H31NO/c1-3-19-36-32(14-1)16-12-25-37(36)33-17-11-18-35(30-33)49(46-28-13-26-43-42-24-8-10-29-47(42)50-48(43)46)45-27-9-7-23-41(45)44-31-34-15-2-4-20-38(34)39-21-5-6-22-40(39)44/h1-31H. The molecule has 10 rings (SSSR count). The Morgan fingerprint density at radius 3 is 1.84 bits per heavy atom. The Balaban J connectivity index is 1.27. The van der Waals surface area contributed by atoms with E-state index in [1.165, 1.54) is 43.4 Å². The predicted octanol–water partition coefficient (Wildman–Crippen LogP) is 13.8. The van der Waals surface area contributed by atoms with Gasteiger partial charge in [-0.3, -0.25) is 0 Å². The summed E-state index contributed by atoms with van der Waals surface area (Å²) in [5.41, 5.74) is 9.59. The normalized spacial score (nSPS) is 11.6. The molecule has 0 saturated carbocycles. The molecule has 2 nitrogen and oxygen atoms in total. The van der Waals surface area contributed by atoms with Crippen LogP contribution in [-0.2, 0) is 0 Å². The molecule has 0 amide bonds. The van der Waals surface area contributed by atoms with Crippen molar-refractivity contribution in [2.45, 2.75) is 0 Å². The summed E-state index contributed by atoms with van der Waals surface area (Å²) in [6.45, 7) is 0. The Morgan fingerprint density at radius 2 is 0.940 bits per heavy atom. The minimum absolute atomic E-state index is 0.863. The predicted molar refractivity (Wildman–Crippen MR) is 212 cm³/mol. The van der Waals surface area contributed by atoms with Crippen LogP contribution in [0.1, 0.15) is 0 Å². The minimum atomic E-state index is 0.863. The van der Waals surface area contributed by atoms with Crippen molar-refractivity contribution < 1.29 is 4.42 Å². The van der Waals surface area contributed by atoms with Gasteiger partial charge in [-0.25, -0.2) is 0 Å². The van der Waals surface area contributed by atoms with Crippen molar-refractivity contribution in [3.05, 3.63) is 188 Å². The van der Waals surface area contributed by atoms with Gasteiger partial charge in [0.2, 0.25) is 0 Å². The molecule has 0 bridgehead atoms. The van der Waals surface area contributed by atoms with Crippen molar-refractivity contribution in [1.29, 1.82) is 0 Å². The van der Waals surface area contributed by atoms with Crippen LogP contribution in [0, 0.1) is 0 Å². The van der Waals surface area contributed by atoms with Crippen LogP contribution in [0.3, 0.4) is 0 Å². The summed E-state index contributed by atoms with van der Waals surface area (Å²) in [5.74, 6) is 0. The van der Waals surface area contributed by atoms with Crippen LogP contribution >= 0.6 is 0 Å². The number of anilines is 3. The molecule has 0 aliphatic rings. The SMILES string of the molecule is c1cc(-c2cccc3ccccc23)cc(N(c2ccccc2-c2cc3ccccc3c3ccccc23)c2cccc3c2oc2ccccc23)c1. The minimum Gasteiger partial charge on any atom is -0.454 e. The molecule has 0 aliphatic carbocycles. The number of benzene rings is 9. The monoisotopic (exact) mass is 637 g/mol. The molecular formula is C48H31NO. The lowest BCUT2D eigenvalue weighted by Crippen LogP contribution is -2.11. The molecule has 0 aliphatic heterocycles. The van der Waals surface area contributed by atoms with Gasteiger partial charge in [0.05, 0.1) is 11.4 Å². The largest absolute Gasteiger partial charge is 0.454 e. The summed E-state index contributed by atoms with van der Waals surface area (Å²) in [6.07, 6.45) is 0. The van der Waals surface area contributed by atoms with Crippen LogP contribution in [0.5, 0.6) is 0 Å². The van der Waals surface area contributed by atoms with Crippen LogP contribution in [0.25, 0.3) is 76.5 Å². The summed E-state index contributed by atoms with van der Waals surface area (Å²) in [5, 5.41) is 9.64. The molecular weight excluding hydrogens is 607 g/mol. The van der Waals surface area contributed by atoms with Crippen LogP contribution in [0.15, 0.2) is 192 Å². The third kappa shape index (κ3) is 4.50. The number of furan rings is 1. The molecule has 0 radical (unpaired) electrons. The summed E-state index contributed by atoms with van der Waals surface area (Å²) < 4.78 is 6.71. The first kappa shape index (κ1) is 28.4. The van der Waals surface area contributed by atoms with Gasteiger partial charge in [0, 0.05) is 22.0 Å². The second-order valence-corrected chi connectivity index (χ2v) is 12.9. The maximum absolute atomic E-state index is 6.71. The van der Waals surface area contributed by atoms with Gasteiger partial charge in [0.15, 0.2) is 5.58 Å². The third-order valence-electron chi connectivity index (χ3n) is 10.0. The van der Waals surface area contributed by atoms with Crippen LogP contribution in [-0.4, -0.2) is 0 Å². The Hall–Kier alpha value is -6.64. The lowest BCUT2D eigenvalue weighted by atomic mass is 9.92. The van der Waals surface area contributed by atoms with E-state index in [2.05, 4.69) is 187 Å². The molecule has 0 saturated heterocycles. The number of hydrogen-bond donors (Lipinski definition) is 0. The molecule has 234 valence electrons. The molecule has 0 spiro atoms. The molecule has 0 fully saturated rings. The van der Waals surface area contributed by atoms with E-state index in [-0.39, 0.29) is 0 Å². The number of fused-ring (bicyclic) bond motifs is 7. The number of nitrogens with zero attached hydrogens (tertiary/aromatic N) is 1. The number of hydrogen-bond acceptors (Lipinski definition) is 2.